The molecule has 0 aliphatic heterocycles. The third-order valence-corrected chi connectivity index (χ3v) is 5.82. The summed E-state index contributed by atoms with van der Waals surface area (Å²) in [7, 11) is 0. The van der Waals surface area contributed by atoms with Gasteiger partial charge in [0.05, 0.1) is 16.4 Å². The van der Waals surface area contributed by atoms with E-state index >= 15 is 0 Å². The predicted molar refractivity (Wildman–Crippen MR) is 114 cm³/mol. The second-order valence-electron chi connectivity index (χ2n) is 7.24. The van der Waals surface area contributed by atoms with E-state index in [1.807, 2.05) is 42.5 Å². The average Bonchev–Trinajstić information content (AvgIpc) is 3.38. The van der Waals surface area contributed by atoms with Crippen LogP contribution in [0, 0.1) is 0 Å². The highest BCUT2D eigenvalue weighted by atomic mass is 16.4. The first-order valence-corrected chi connectivity index (χ1v) is 9.25. The Morgan fingerprint density at radius 2 is 1.25 bits per heavy atom. The van der Waals surface area contributed by atoms with Gasteiger partial charge in [0, 0.05) is 26.9 Å². The molecule has 4 heteroatoms. The quantitative estimate of drug-likeness (QED) is 0.322. The van der Waals surface area contributed by atoms with Crippen molar-refractivity contribution in [2.45, 2.75) is 0 Å². The molecule has 0 spiro atoms. The average molecular weight is 362 g/mol. The van der Waals surface area contributed by atoms with E-state index in [0.29, 0.717) is 0 Å². The van der Waals surface area contributed by atoms with Gasteiger partial charge in [0.1, 0.15) is 11.2 Å². The summed E-state index contributed by atoms with van der Waals surface area (Å²) in [4.78, 5) is 0. The number of aromatic nitrogens is 1. The maximum absolute atomic E-state index is 6.52. The van der Waals surface area contributed by atoms with E-state index < -0.39 is 0 Å². The number of nitrogens with zero attached hydrogens (tertiary/aromatic N) is 1. The Hall–Kier alpha value is -3.92. The summed E-state index contributed by atoms with van der Waals surface area (Å²) in [6, 6.07) is 24.6. The molecule has 7 aromatic rings. The molecule has 2 N–H and O–H groups in total. The van der Waals surface area contributed by atoms with Gasteiger partial charge in [-0.25, -0.2) is 0 Å². The van der Waals surface area contributed by atoms with Crippen LogP contribution in [-0.4, -0.2) is 4.68 Å². The fraction of sp³-hybridized carbons (Fsp3) is 0. The van der Waals surface area contributed by atoms with Crippen molar-refractivity contribution in [2.75, 3.05) is 5.84 Å². The third-order valence-electron chi connectivity index (χ3n) is 5.82. The van der Waals surface area contributed by atoms with E-state index in [2.05, 4.69) is 30.3 Å². The first kappa shape index (κ1) is 14.2. The molecule has 3 aromatic heterocycles. The van der Waals surface area contributed by atoms with Crippen LogP contribution in [0.3, 0.4) is 0 Å². The monoisotopic (exact) mass is 362 g/mol. The smallest absolute Gasteiger partial charge is 0.178 e. The Morgan fingerprint density at radius 3 is 2.18 bits per heavy atom. The lowest BCUT2D eigenvalue weighted by atomic mass is 10.1. The van der Waals surface area contributed by atoms with E-state index in [0.717, 1.165) is 65.7 Å². The second-order valence-corrected chi connectivity index (χ2v) is 7.24. The first-order valence-electron chi connectivity index (χ1n) is 9.25. The summed E-state index contributed by atoms with van der Waals surface area (Å²) in [5.74, 6) is 6.52. The fourth-order valence-corrected chi connectivity index (χ4v) is 4.59. The van der Waals surface area contributed by atoms with Crippen molar-refractivity contribution in [3.63, 3.8) is 0 Å². The number of fused-ring (bicyclic) bond motifs is 11. The topological polar surface area (TPSA) is 57.2 Å². The van der Waals surface area contributed by atoms with Crippen LogP contribution in [0.15, 0.2) is 81.6 Å². The molecule has 28 heavy (non-hydrogen) atoms. The van der Waals surface area contributed by atoms with Crippen LogP contribution in [0.1, 0.15) is 0 Å². The van der Waals surface area contributed by atoms with E-state index in [1.165, 1.54) is 0 Å². The van der Waals surface area contributed by atoms with Crippen molar-refractivity contribution in [2.24, 2.45) is 0 Å². The maximum atomic E-state index is 6.52. The highest BCUT2D eigenvalue weighted by Gasteiger charge is 2.20. The highest BCUT2D eigenvalue weighted by Crippen LogP contribution is 2.42. The molecule has 3 heterocycles. The van der Waals surface area contributed by atoms with Crippen molar-refractivity contribution in [1.29, 1.82) is 0 Å². The summed E-state index contributed by atoms with van der Waals surface area (Å²) in [5, 5.41) is 6.46. The minimum Gasteiger partial charge on any atom is -0.452 e. The van der Waals surface area contributed by atoms with Gasteiger partial charge in [-0.15, -0.1) is 0 Å². The molecule has 0 aliphatic rings. The molecule has 4 nitrogen and oxygen atoms in total. The maximum Gasteiger partial charge on any atom is 0.178 e. The van der Waals surface area contributed by atoms with Gasteiger partial charge in [-0.05, 0) is 36.4 Å². The third kappa shape index (κ3) is 1.53. The van der Waals surface area contributed by atoms with Crippen molar-refractivity contribution in [1.82, 2.24) is 4.68 Å². The van der Waals surface area contributed by atoms with Gasteiger partial charge in [0.25, 0.3) is 0 Å². The molecule has 0 bridgehead atoms. The van der Waals surface area contributed by atoms with Gasteiger partial charge in [-0.3, -0.25) is 4.68 Å². The Labute approximate surface area is 158 Å². The van der Waals surface area contributed by atoms with Crippen molar-refractivity contribution in [3.05, 3.63) is 72.8 Å². The summed E-state index contributed by atoms with van der Waals surface area (Å²) in [6.07, 6.45) is 0. The van der Waals surface area contributed by atoms with Crippen LogP contribution in [0.25, 0.3) is 65.7 Å². The molecule has 0 aliphatic carbocycles. The van der Waals surface area contributed by atoms with E-state index in [4.69, 9.17) is 14.7 Å². The molecule has 0 radical (unpaired) electrons. The van der Waals surface area contributed by atoms with Crippen LogP contribution in [0.2, 0.25) is 0 Å². The molecular weight excluding hydrogens is 348 g/mol. The lowest BCUT2D eigenvalue weighted by Gasteiger charge is -1.99. The molecule has 0 amide bonds. The standard InChI is InChI=1S/C24H14N2O2/c25-26-18-7-3-1-5-13(18)15-11-12-20-21(22(15)26)17-10-9-16-14-6-2-4-8-19(14)27-23(16)24(17)28-20/h1-12H,25H2. The molecule has 0 fully saturated rings. The van der Waals surface area contributed by atoms with Crippen molar-refractivity contribution >= 4 is 65.7 Å². The zero-order valence-electron chi connectivity index (χ0n) is 14.8. The summed E-state index contributed by atoms with van der Waals surface area (Å²) < 4.78 is 14.2. The highest BCUT2D eigenvalue weighted by molar-refractivity contribution is 6.27. The zero-order valence-corrected chi connectivity index (χ0v) is 14.8. The minimum absolute atomic E-state index is 0.765. The SMILES string of the molecule is Nn1c2ccccc2c2ccc3oc4c(ccc5c6ccccc6oc54)c3c21. The lowest BCUT2D eigenvalue weighted by Crippen LogP contribution is -2.06. The molecule has 7 rings (SSSR count). The molecule has 0 saturated carbocycles. The summed E-state index contributed by atoms with van der Waals surface area (Å²) in [5.41, 5.74) is 5.20. The van der Waals surface area contributed by atoms with Crippen molar-refractivity contribution in [3.8, 4) is 0 Å². The van der Waals surface area contributed by atoms with Gasteiger partial charge in [-0.1, -0.05) is 36.4 Å². The zero-order chi connectivity index (χ0) is 18.4. The van der Waals surface area contributed by atoms with E-state index in [1.54, 1.807) is 4.68 Å². The molecule has 0 unspecified atom stereocenters. The summed E-state index contributed by atoms with van der Waals surface area (Å²) >= 11 is 0. The number of nitrogen functional groups attached to an aromatic ring is 1. The number of nitrogens with two attached hydrogens (primary N) is 1. The lowest BCUT2D eigenvalue weighted by molar-refractivity contribution is 0.633. The number of benzene rings is 4. The van der Waals surface area contributed by atoms with Gasteiger partial charge in [0.2, 0.25) is 0 Å². The largest absolute Gasteiger partial charge is 0.452 e. The van der Waals surface area contributed by atoms with Crippen LogP contribution in [0.4, 0.5) is 0 Å². The number of furan rings is 2. The van der Waals surface area contributed by atoms with Gasteiger partial charge in [0.15, 0.2) is 11.2 Å². The van der Waals surface area contributed by atoms with Gasteiger partial charge < -0.3 is 14.7 Å². The Balaban J connectivity index is 1.76. The molecule has 0 atom stereocenters. The fourth-order valence-electron chi connectivity index (χ4n) is 4.59. The molecular formula is C24H14N2O2. The molecule has 0 saturated heterocycles. The normalized spacial score (nSPS) is 12.4. The number of para-hydroxylation sites is 2. The Bertz CT molecular complexity index is 1730. The minimum atomic E-state index is 0.765. The number of hydrogen-bond donors (Lipinski definition) is 1. The van der Waals surface area contributed by atoms with E-state index in [-0.39, 0.29) is 0 Å². The number of hydrogen-bond acceptors (Lipinski definition) is 3. The van der Waals surface area contributed by atoms with Gasteiger partial charge in [-0.2, -0.15) is 0 Å². The Kier molecular flexibility index (Phi) is 2.37. The van der Waals surface area contributed by atoms with Gasteiger partial charge >= 0.3 is 0 Å². The Morgan fingerprint density at radius 1 is 0.571 bits per heavy atom. The number of rotatable bonds is 0. The van der Waals surface area contributed by atoms with Crippen LogP contribution in [-0.2, 0) is 0 Å². The van der Waals surface area contributed by atoms with Crippen LogP contribution >= 0.6 is 0 Å². The molecule has 4 aromatic carbocycles. The molecule has 132 valence electrons. The van der Waals surface area contributed by atoms with Crippen LogP contribution < -0.4 is 5.84 Å². The van der Waals surface area contributed by atoms with Crippen LogP contribution in [0.5, 0.6) is 0 Å². The van der Waals surface area contributed by atoms with Crippen molar-refractivity contribution < 1.29 is 8.83 Å². The second kappa shape index (κ2) is 4.67. The van der Waals surface area contributed by atoms with E-state index in [9.17, 15) is 0 Å². The summed E-state index contributed by atoms with van der Waals surface area (Å²) in [6.45, 7) is 0. The predicted octanol–water partition coefficient (Wildman–Crippen LogP) is 6.31. The first-order chi connectivity index (χ1) is 13.8.